The van der Waals surface area contributed by atoms with E-state index >= 15 is 0 Å². The third-order valence-corrected chi connectivity index (χ3v) is 3.24. The molecule has 94 valence electrons. The number of ether oxygens (including phenoxy) is 1. The third kappa shape index (κ3) is 3.56. The largest absolute Gasteiger partial charge is 0.384 e. The summed E-state index contributed by atoms with van der Waals surface area (Å²) < 4.78 is 5.60. The van der Waals surface area contributed by atoms with E-state index in [1.807, 2.05) is 7.05 Å². The lowest BCUT2D eigenvalue weighted by Gasteiger charge is -2.20. The molecule has 2 rings (SSSR count). The Morgan fingerprint density at radius 2 is 2.41 bits per heavy atom. The van der Waals surface area contributed by atoms with Gasteiger partial charge in [-0.1, -0.05) is 11.6 Å². The second-order valence-electron chi connectivity index (χ2n) is 4.50. The van der Waals surface area contributed by atoms with Gasteiger partial charge in [-0.15, -0.1) is 0 Å². The molecular weight excluding hydrogens is 238 g/mol. The summed E-state index contributed by atoms with van der Waals surface area (Å²) in [6.45, 7) is 2.49. The van der Waals surface area contributed by atoms with Gasteiger partial charge in [-0.25, -0.2) is 4.98 Å². The summed E-state index contributed by atoms with van der Waals surface area (Å²) in [5.41, 5.74) is 6.48. The SMILES string of the molecule is CN(Cc1nc(N)ccc1Cl)CC1CCCO1. The first-order valence-corrected chi connectivity index (χ1v) is 6.24. The lowest BCUT2D eigenvalue weighted by Crippen LogP contribution is -2.28. The number of pyridine rings is 1. The van der Waals surface area contributed by atoms with Gasteiger partial charge >= 0.3 is 0 Å². The van der Waals surface area contributed by atoms with Crippen molar-refractivity contribution >= 4 is 17.4 Å². The van der Waals surface area contributed by atoms with Crippen LogP contribution in [-0.4, -0.2) is 36.2 Å². The molecule has 1 atom stereocenters. The standard InChI is InChI=1S/C12H18ClN3O/c1-16(7-9-3-2-6-17-9)8-11-10(13)4-5-12(14)15-11/h4-5,9H,2-3,6-8H2,1H3,(H2,14,15). The molecule has 0 bridgehead atoms. The van der Waals surface area contributed by atoms with E-state index in [0.29, 0.717) is 23.5 Å². The number of aromatic nitrogens is 1. The monoisotopic (exact) mass is 255 g/mol. The highest BCUT2D eigenvalue weighted by molar-refractivity contribution is 6.31. The van der Waals surface area contributed by atoms with Gasteiger partial charge in [-0.2, -0.15) is 0 Å². The first-order chi connectivity index (χ1) is 8.15. The fraction of sp³-hybridized carbons (Fsp3) is 0.583. The fourth-order valence-electron chi connectivity index (χ4n) is 2.07. The van der Waals surface area contributed by atoms with Gasteiger partial charge in [-0.3, -0.25) is 4.90 Å². The molecule has 1 aromatic rings. The van der Waals surface area contributed by atoms with Crippen molar-refractivity contribution in [1.82, 2.24) is 9.88 Å². The number of hydrogen-bond acceptors (Lipinski definition) is 4. The molecule has 1 unspecified atom stereocenters. The normalized spacial score (nSPS) is 20.1. The lowest BCUT2D eigenvalue weighted by molar-refractivity contribution is 0.0790. The van der Waals surface area contributed by atoms with Crippen molar-refractivity contribution in [1.29, 1.82) is 0 Å². The average molecular weight is 256 g/mol. The topological polar surface area (TPSA) is 51.4 Å². The highest BCUT2D eigenvalue weighted by atomic mass is 35.5. The number of halogens is 1. The van der Waals surface area contributed by atoms with Crippen LogP contribution < -0.4 is 5.73 Å². The molecule has 0 aromatic carbocycles. The Kier molecular flexibility index (Phi) is 4.20. The molecule has 1 aliphatic rings. The minimum atomic E-state index is 0.347. The van der Waals surface area contributed by atoms with E-state index < -0.39 is 0 Å². The summed E-state index contributed by atoms with van der Waals surface area (Å²) in [6.07, 6.45) is 2.65. The van der Waals surface area contributed by atoms with Crippen molar-refractivity contribution in [2.75, 3.05) is 25.9 Å². The molecule has 1 aromatic heterocycles. The Balaban J connectivity index is 1.92. The number of hydrogen-bond donors (Lipinski definition) is 1. The Morgan fingerprint density at radius 1 is 1.59 bits per heavy atom. The van der Waals surface area contributed by atoms with Crippen molar-refractivity contribution < 1.29 is 4.74 Å². The molecule has 0 saturated carbocycles. The number of nitrogen functional groups attached to an aromatic ring is 1. The van der Waals surface area contributed by atoms with Gasteiger partial charge in [0, 0.05) is 19.7 Å². The zero-order valence-corrected chi connectivity index (χ0v) is 10.8. The lowest BCUT2D eigenvalue weighted by atomic mass is 10.2. The van der Waals surface area contributed by atoms with E-state index in [2.05, 4.69) is 9.88 Å². The second kappa shape index (κ2) is 5.67. The Bertz CT molecular complexity index is 380. The van der Waals surface area contributed by atoms with Gasteiger partial charge in [0.2, 0.25) is 0 Å². The maximum Gasteiger partial charge on any atom is 0.123 e. The molecule has 0 spiro atoms. The second-order valence-corrected chi connectivity index (χ2v) is 4.90. The van der Waals surface area contributed by atoms with Crippen LogP contribution in [0.5, 0.6) is 0 Å². The number of nitrogens with two attached hydrogens (primary N) is 1. The Hall–Kier alpha value is -0.840. The highest BCUT2D eigenvalue weighted by Crippen LogP contribution is 2.18. The maximum atomic E-state index is 6.08. The van der Waals surface area contributed by atoms with Crippen LogP contribution in [-0.2, 0) is 11.3 Å². The van der Waals surface area contributed by atoms with E-state index in [0.717, 1.165) is 31.7 Å². The number of rotatable bonds is 4. The van der Waals surface area contributed by atoms with Crippen molar-refractivity contribution in [3.8, 4) is 0 Å². The predicted molar refractivity (Wildman–Crippen MR) is 69.0 cm³/mol. The molecule has 1 saturated heterocycles. The molecule has 1 fully saturated rings. The quantitative estimate of drug-likeness (QED) is 0.893. The molecule has 0 aliphatic carbocycles. The van der Waals surface area contributed by atoms with Crippen LogP contribution in [0, 0.1) is 0 Å². The Labute approximate surface area is 107 Å². The average Bonchev–Trinajstić information content (AvgIpc) is 2.76. The molecule has 1 aliphatic heterocycles. The maximum absolute atomic E-state index is 6.08. The smallest absolute Gasteiger partial charge is 0.123 e. The van der Waals surface area contributed by atoms with Crippen molar-refractivity contribution in [3.05, 3.63) is 22.8 Å². The van der Waals surface area contributed by atoms with E-state index in [4.69, 9.17) is 22.1 Å². The predicted octanol–water partition coefficient (Wildman–Crippen LogP) is 1.93. The zero-order chi connectivity index (χ0) is 12.3. The van der Waals surface area contributed by atoms with Gasteiger partial charge in [0.25, 0.3) is 0 Å². The number of likely N-dealkylation sites (N-methyl/N-ethyl adjacent to an activating group) is 1. The van der Waals surface area contributed by atoms with Gasteiger partial charge in [0.1, 0.15) is 5.82 Å². The molecular formula is C12H18ClN3O. The number of anilines is 1. The van der Waals surface area contributed by atoms with Crippen LogP contribution in [0.25, 0.3) is 0 Å². The zero-order valence-electron chi connectivity index (χ0n) is 10.0. The minimum absolute atomic E-state index is 0.347. The van der Waals surface area contributed by atoms with Crippen LogP contribution in [0.1, 0.15) is 18.5 Å². The molecule has 2 heterocycles. The van der Waals surface area contributed by atoms with E-state index in [1.165, 1.54) is 0 Å². The molecule has 2 N–H and O–H groups in total. The van der Waals surface area contributed by atoms with E-state index in [1.54, 1.807) is 12.1 Å². The summed E-state index contributed by atoms with van der Waals surface area (Å²) in [5.74, 6) is 0.509. The Morgan fingerprint density at radius 3 is 3.12 bits per heavy atom. The van der Waals surface area contributed by atoms with Crippen LogP contribution in [0.4, 0.5) is 5.82 Å². The minimum Gasteiger partial charge on any atom is -0.384 e. The van der Waals surface area contributed by atoms with Crippen molar-refractivity contribution in [2.45, 2.75) is 25.5 Å². The molecule has 0 amide bonds. The van der Waals surface area contributed by atoms with Gasteiger partial charge < -0.3 is 10.5 Å². The summed E-state index contributed by atoms with van der Waals surface area (Å²) in [6, 6.07) is 3.51. The van der Waals surface area contributed by atoms with Crippen molar-refractivity contribution in [2.24, 2.45) is 0 Å². The van der Waals surface area contributed by atoms with Crippen LogP contribution >= 0.6 is 11.6 Å². The third-order valence-electron chi connectivity index (χ3n) is 2.90. The van der Waals surface area contributed by atoms with E-state index in [-0.39, 0.29) is 0 Å². The van der Waals surface area contributed by atoms with Crippen LogP contribution in [0.15, 0.2) is 12.1 Å². The van der Waals surface area contributed by atoms with Gasteiger partial charge in [0.15, 0.2) is 0 Å². The first kappa shape index (κ1) is 12.6. The summed E-state index contributed by atoms with van der Waals surface area (Å²) in [5, 5.41) is 0.665. The molecule has 0 radical (unpaired) electrons. The van der Waals surface area contributed by atoms with Crippen LogP contribution in [0.2, 0.25) is 5.02 Å². The van der Waals surface area contributed by atoms with Gasteiger partial charge in [-0.05, 0) is 32.0 Å². The van der Waals surface area contributed by atoms with E-state index in [9.17, 15) is 0 Å². The summed E-state index contributed by atoms with van der Waals surface area (Å²) in [7, 11) is 2.04. The highest BCUT2D eigenvalue weighted by Gasteiger charge is 2.18. The van der Waals surface area contributed by atoms with Crippen LogP contribution in [0.3, 0.4) is 0 Å². The molecule has 17 heavy (non-hydrogen) atoms. The van der Waals surface area contributed by atoms with Gasteiger partial charge in [0.05, 0.1) is 16.8 Å². The molecule has 5 heteroatoms. The fourth-order valence-corrected chi connectivity index (χ4v) is 2.23. The molecule has 4 nitrogen and oxygen atoms in total. The number of nitrogens with zero attached hydrogens (tertiary/aromatic N) is 2. The first-order valence-electron chi connectivity index (χ1n) is 5.86. The summed E-state index contributed by atoms with van der Waals surface area (Å²) >= 11 is 6.08. The van der Waals surface area contributed by atoms with Crippen molar-refractivity contribution in [3.63, 3.8) is 0 Å². The summed E-state index contributed by atoms with van der Waals surface area (Å²) in [4.78, 5) is 6.42.